The zero-order valence-corrected chi connectivity index (χ0v) is 13.6. The molecule has 1 aliphatic carbocycles. The molecule has 1 spiro atoms. The molecule has 0 aromatic rings. The molecule has 8 nitrogen and oxygen atoms in total. The molecule has 2 atom stereocenters. The molecule has 0 N–H and O–H groups in total. The van der Waals surface area contributed by atoms with Gasteiger partial charge >= 0.3 is 0 Å². The van der Waals surface area contributed by atoms with Crippen LogP contribution in [0.2, 0.25) is 0 Å². The minimum absolute atomic E-state index is 0.224. The Kier molecular flexibility index (Phi) is 4.96. The lowest BCUT2D eigenvalue weighted by molar-refractivity contribution is -0.172. The van der Waals surface area contributed by atoms with Crippen molar-refractivity contribution in [3.05, 3.63) is 0 Å². The SMILES string of the molecule is CS(=O)(=O)OC[C@H]1OC2(CCCC2)O[C@@H]1COS(C)(=O)=O. The fraction of sp³-hybridized carbons (Fsp3) is 1.00. The molecule has 0 aromatic carbocycles. The fourth-order valence-corrected chi connectivity index (χ4v) is 3.31. The van der Waals surface area contributed by atoms with Crippen LogP contribution in [0.25, 0.3) is 0 Å². The van der Waals surface area contributed by atoms with Crippen molar-refractivity contribution in [2.75, 3.05) is 25.7 Å². The Balaban J connectivity index is 2.02. The first kappa shape index (κ1) is 17.1. The molecule has 21 heavy (non-hydrogen) atoms. The van der Waals surface area contributed by atoms with Gasteiger partial charge in [0.25, 0.3) is 20.2 Å². The summed E-state index contributed by atoms with van der Waals surface area (Å²) < 4.78 is 65.4. The summed E-state index contributed by atoms with van der Waals surface area (Å²) >= 11 is 0. The quantitative estimate of drug-likeness (QED) is 0.620. The molecule has 0 amide bonds. The van der Waals surface area contributed by atoms with Crippen LogP contribution in [0.1, 0.15) is 25.7 Å². The molecule has 0 unspecified atom stereocenters. The number of hydrogen-bond acceptors (Lipinski definition) is 8. The summed E-state index contributed by atoms with van der Waals surface area (Å²) in [6.45, 7) is -0.448. The molecule has 1 heterocycles. The van der Waals surface area contributed by atoms with Gasteiger partial charge in [0, 0.05) is 12.8 Å². The van der Waals surface area contributed by atoms with Crippen LogP contribution in [0.15, 0.2) is 0 Å². The molecule has 2 aliphatic rings. The van der Waals surface area contributed by atoms with Gasteiger partial charge in [-0.1, -0.05) is 0 Å². The van der Waals surface area contributed by atoms with Crippen molar-refractivity contribution in [3.8, 4) is 0 Å². The summed E-state index contributed by atoms with van der Waals surface area (Å²) in [6.07, 6.45) is 3.79. The van der Waals surface area contributed by atoms with E-state index in [1.54, 1.807) is 0 Å². The van der Waals surface area contributed by atoms with Gasteiger partial charge in [-0.15, -0.1) is 0 Å². The lowest BCUT2D eigenvalue weighted by Crippen LogP contribution is -2.33. The molecule has 124 valence electrons. The van der Waals surface area contributed by atoms with Gasteiger partial charge in [-0.25, -0.2) is 0 Å². The van der Waals surface area contributed by atoms with Crippen LogP contribution in [0, 0.1) is 0 Å². The molecule has 1 saturated heterocycles. The summed E-state index contributed by atoms with van der Waals surface area (Å²) in [4.78, 5) is 0. The van der Waals surface area contributed by atoms with Crippen molar-refractivity contribution >= 4 is 20.2 Å². The molecule has 0 bridgehead atoms. The molecular formula is C11H20O8S2. The maximum Gasteiger partial charge on any atom is 0.264 e. The third-order valence-electron chi connectivity index (χ3n) is 3.41. The second-order valence-electron chi connectivity index (χ2n) is 5.41. The third-order valence-corrected chi connectivity index (χ3v) is 4.53. The number of rotatable bonds is 6. The standard InChI is InChI=1S/C11H20O8S2/c1-20(12,13)16-7-9-10(8-17-21(2,14)15)19-11(18-9)5-3-4-6-11/h9-10H,3-8H2,1-2H3/t9-,10-/m1/s1. The van der Waals surface area contributed by atoms with E-state index in [0.29, 0.717) is 12.8 Å². The van der Waals surface area contributed by atoms with Crippen LogP contribution in [0.3, 0.4) is 0 Å². The summed E-state index contributed by atoms with van der Waals surface area (Å²) in [6, 6.07) is 0. The second-order valence-corrected chi connectivity index (χ2v) is 8.70. The first-order valence-electron chi connectivity index (χ1n) is 6.63. The van der Waals surface area contributed by atoms with E-state index in [4.69, 9.17) is 17.8 Å². The molecule has 1 saturated carbocycles. The highest BCUT2D eigenvalue weighted by Gasteiger charge is 2.49. The summed E-state index contributed by atoms with van der Waals surface area (Å²) in [5.74, 6) is -0.767. The highest BCUT2D eigenvalue weighted by Crippen LogP contribution is 2.42. The zero-order valence-electron chi connectivity index (χ0n) is 12.0. The van der Waals surface area contributed by atoms with Crippen molar-refractivity contribution in [2.24, 2.45) is 0 Å². The summed E-state index contributed by atoms with van der Waals surface area (Å²) in [7, 11) is -7.22. The predicted molar refractivity (Wildman–Crippen MR) is 72.5 cm³/mol. The maximum atomic E-state index is 11.1. The largest absolute Gasteiger partial charge is 0.341 e. The van der Waals surface area contributed by atoms with Crippen molar-refractivity contribution in [3.63, 3.8) is 0 Å². The Morgan fingerprint density at radius 2 is 1.29 bits per heavy atom. The van der Waals surface area contributed by atoms with Gasteiger partial charge < -0.3 is 9.47 Å². The van der Waals surface area contributed by atoms with Gasteiger partial charge in [0.1, 0.15) is 12.2 Å². The smallest absolute Gasteiger partial charge is 0.264 e. The second kappa shape index (κ2) is 6.09. The summed E-state index contributed by atoms with van der Waals surface area (Å²) in [5, 5.41) is 0. The normalized spacial score (nSPS) is 29.2. The van der Waals surface area contributed by atoms with E-state index in [1.807, 2.05) is 0 Å². The average molecular weight is 344 g/mol. The topological polar surface area (TPSA) is 105 Å². The van der Waals surface area contributed by atoms with Gasteiger partial charge in [-0.2, -0.15) is 16.8 Å². The third kappa shape index (κ3) is 5.15. The van der Waals surface area contributed by atoms with E-state index in [1.165, 1.54) is 0 Å². The van der Waals surface area contributed by atoms with Crippen molar-refractivity contribution in [1.29, 1.82) is 0 Å². The highest BCUT2D eigenvalue weighted by molar-refractivity contribution is 7.86. The first-order valence-corrected chi connectivity index (χ1v) is 10.3. The van der Waals surface area contributed by atoms with Crippen molar-refractivity contribution in [1.82, 2.24) is 0 Å². The van der Waals surface area contributed by atoms with Crippen LogP contribution in [0.5, 0.6) is 0 Å². The van der Waals surface area contributed by atoms with E-state index in [2.05, 4.69) is 0 Å². The van der Waals surface area contributed by atoms with E-state index in [0.717, 1.165) is 25.4 Å². The van der Waals surface area contributed by atoms with E-state index < -0.39 is 38.2 Å². The minimum atomic E-state index is -3.61. The summed E-state index contributed by atoms with van der Waals surface area (Å²) in [5.41, 5.74) is 0. The highest BCUT2D eigenvalue weighted by atomic mass is 32.2. The average Bonchev–Trinajstić information content (AvgIpc) is 2.91. The van der Waals surface area contributed by atoms with E-state index >= 15 is 0 Å². The van der Waals surface area contributed by atoms with E-state index in [-0.39, 0.29) is 13.2 Å². The van der Waals surface area contributed by atoms with Crippen molar-refractivity contribution < 1.29 is 34.7 Å². The lowest BCUT2D eigenvalue weighted by atomic mass is 10.2. The first-order chi connectivity index (χ1) is 9.59. The Morgan fingerprint density at radius 3 is 1.62 bits per heavy atom. The van der Waals surface area contributed by atoms with Gasteiger partial charge in [-0.05, 0) is 12.8 Å². The lowest BCUT2D eigenvalue weighted by Gasteiger charge is -2.21. The monoisotopic (exact) mass is 344 g/mol. The molecule has 1 aliphatic heterocycles. The number of hydrogen-bond donors (Lipinski definition) is 0. The Labute approximate surface area is 124 Å². The van der Waals surface area contributed by atoms with Crippen LogP contribution in [-0.2, 0) is 38.1 Å². The maximum absolute atomic E-state index is 11.1. The fourth-order valence-electron chi connectivity index (χ4n) is 2.54. The van der Waals surface area contributed by atoms with Crippen LogP contribution in [-0.4, -0.2) is 60.6 Å². The van der Waals surface area contributed by atoms with Crippen LogP contribution < -0.4 is 0 Å². The van der Waals surface area contributed by atoms with E-state index in [9.17, 15) is 16.8 Å². The molecule has 2 fully saturated rings. The van der Waals surface area contributed by atoms with Gasteiger partial charge in [0.15, 0.2) is 5.79 Å². The van der Waals surface area contributed by atoms with Crippen LogP contribution >= 0.6 is 0 Å². The molecule has 0 aromatic heterocycles. The Morgan fingerprint density at radius 1 is 0.905 bits per heavy atom. The molecule has 2 rings (SSSR count). The van der Waals surface area contributed by atoms with Crippen molar-refractivity contribution in [2.45, 2.75) is 43.7 Å². The molecular weight excluding hydrogens is 324 g/mol. The zero-order chi connectivity index (χ0) is 15.7. The Bertz CT molecular complexity index is 515. The van der Waals surface area contributed by atoms with Gasteiger partial charge in [-0.3, -0.25) is 8.37 Å². The van der Waals surface area contributed by atoms with Gasteiger partial charge in [0.05, 0.1) is 25.7 Å². The predicted octanol–water partition coefficient (Wildman–Crippen LogP) is -0.00690. The van der Waals surface area contributed by atoms with Crippen LogP contribution in [0.4, 0.5) is 0 Å². The number of ether oxygens (including phenoxy) is 2. The minimum Gasteiger partial charge on any atom is -0.341 e. The molecule has 10 heteroatoms. The molecule has 0 radical (unpaired) electrons. The van der Waals surface area contributed by atoms with Gasteiger partial charge in [0.2, 0.25) is 0 Å². The Hall–Kier alpha value is -0.260.